The van der Waals surface area contributed by atoms with Crippen LogP contribution in [0.15, 0.2) is 11.6 Å². The molecule has 1 saturated heterocycles. The predicted molar refractivity (Wildman–Crippen MR) is 131 cm³/mol. The molecule has 7 atom stereocenters. The van der Waals surface area contributed by atoms with Gasteiger partial charge in [0.15, 0.2) is 11.6 Å². The number of hydrogen-bond acceptors (Lipinski definition) is 3. The second kappa shape index (κ2) is 6.96. The Morgan fingerprint density at radius 2 is 1.52 bits per heavy atom. The van der Waals surface area contributed by atoms with Crippen LogP contribution in [0.2, 0.25) is 0 Å². The summed E-state index contributed by atoms with van der Waals surface area (Å²) in [4.78, 5) is 13.4. The molecule has 0 aromatic rings. The Hall–Kier alpha value is -0.670. The molecule has 0 unspecified atom stereocenters. The number of ether oxygens (including phenoxy) is 2. The van der Waals surface area contributed by atoms with Gasteiger partial charge < -0.3 is 9.47 Å². The van der Waals surface area contributed by atoms with Crippen LogP contribution in [0.3, 0.4) is 0 Å². The molecule has 0 radical (unpaired) electrons. The van der Waals surface area contributed by atoms with E-state index < -0.39 is 0 Å². The van der Waals surface area contributed by atoms with E-state index in [1.807, 2.05) is 0 Å². The summed E-state index contributed by atoms with van der Waals surface area (Å²) in [5, 5.41) is 0. The lowest BCUT2D eigenvalue weighted by atomic mass is 9.37. The van der Waals surface area contributed by atoms with Crippen LogP contribution in [0, 0.1) is 51.2 Å². The number of carbonyl (C=O) groups excluding carboxylic acids is 1. The standard InChI is InChI=1S/C30H46O3/c1-26(2)11-9-20-21(18-26)19-7-8-25-28(5,22(19)17-23(20)31)12-10-24-27(3,4)30(32-15-16-33-30)14-13-29(24,25)6/h17,19-21,24-25H,7-16,18H2,1-6H3/t19-,20-,21+,24+,25+,28+,29+/m1/s1. The first-order chi connectivity index (χ1) is 15.4. The van der Waals surface area contributed by atoms with Gasteiger partial charge in [0.2, 0.25) is 0 Å². The van der Waals surface area contributed by atoms with E-state index in [1.165, 1.54) is 44.9 Å². The number of hydrogen-bond donors (Lipinski definition) is 0. The van der Waals surface area contributed by atoms with Gasteiger partial charge in [0, 0.05) is 17.8 Å². The van der Waals surface area contributed by atoms with Crippen LogP contribution >= 0.6 is 0 Å². The lowest BCUT2D eigenvalue weighted by Gasteiger charge is -2.68. The van der Waals surface area contributed by atoms with Crippen molar-refractivity contribution in [1.82, 2.24) is 0 Å². The molecule has 33 heavy (non-hydrogen) atoms. The molecule has 5 aliphatic carbocycles. The summed E-state index contributed by atoms with van der Waals surface area (Å²) in [5.74, 6) is 2.85. The molecule has 4 saturated carbocycles. The van der Waals surface area contributed by atoms with Crippen LogP contribution in [-0.2, 0) is 14.3 Å². The van der Waals surface area contributed by atoms with E-state index in [0.29, 0.717) is 40.8 Å². The van der Waals surface area contributed by atoms with Crippen molar-refractivity contribution < 1.29 is 14.3 Å². The van der Waals surface area contributed by atoms with Crippen molar-refractivity contribution in [3.63, 3.8) is 0 Å². The predicted octanol–water partition coefficient (Wildman–Crippen LogP) is 6.95. The van der Waals surface area contributed by atoms with E-state index in [0.717, 1.165) is 26.1 Å². The Bertz CT molecular complexity index is 877. The highest BCUT2D eigenvalue weighted by molar-refractivity contribution is 5.94. The lowest BCUT2D eigenvalue weighted by molar-refractivity contribution is -0.302. The van der Waals surface area contributed by atoms with Crippen molar-refractivity contribution in [2.24, 2.45) is 51.2 Å². The summed E-state index contributed by atoms with van der Waals surface area (Å²) in [5.41, 5.74) is 2.43. The van der Waals surface area contributed by atoms with Gasteiger partial charge in [-0.1, -0.05) is 47.1 Å². The molecular weight excluding hydrogens is 408 g/mol. The third-order valence-corrected chi connectivity index (χ3v) is 12.4. The number of rotatable bonds is 0. The topological polar surface area (TPSA) is 35.5 Å². The molecule has 5 fully saturated rings. The molecule has 1 heterocycles. The van der Waals surface area contributed by atoms with E-state index in [9.17, 15) is 4.79 Å². The highest BCUT2D eigenvalue weighted by Crippen LogP contribution is 2.72. The average Bonchev–Trinajstić information content (AvgIpc) is 3.22. The second-order valence-corrected chi connectivity index (χ2v) is 14.6. The van der Waals surface area contributed by atoms with Crippen molar-refractivity contribution >= 4 is 5.78 Å². The SMILES string of the molecule is CC1(C)CC[C@H]2C(=O)C=C3[C@H](CC[C@@H]4[C@@]5(C)CCC6(OCCO6)C(C)(C)[C@@H]5CC[C@@]34C)[C@@H]2C1. The van der Waals surface area contributed by atoms with E-state index >= 15 is 0 Å². The highest BCUT2D eigenvalue weighted by atomic mass is 16.7. The normalized spacial score (nSPS) is 49.5. The molecule has 3 nitrogen and oxygen atoms in total. The molecule has 3 heteroatoms. The lowest BCUT2D eigenvalue weighted by Crippen LogP contribution is -2.65. The van der Waals surface area contributed by atoms with Gasteiger partial charge in [0.05, 0.1) is 13.2 Å². The van der Waals surface area contributed by atoms with Crippen molar-refractivity contribution in [2.75, 3.05) is 13.2 Å². The Labute approximate surface area is 201 Å². The zero-order chi connectivity index (χ0) is 23.4. The van der Waals surface area contributed by atoms with Gasteiger partial charge in [-0.25, -0.2) is 0 Å². The molecule has 0 N–H and O–H groups in total. The van der Waals surface area contributed by atoms with Crippen molar-refractivity contribution in [1.29, 1.82) is 0 Å². The van der Waals surface area contributed by atoms with Gasteiger partial charge in [-0.3, -0.25) is 4.79 Å². The summed E-state index contributed by atoms with van der Waals surface area (Å²) in [7, 11) is 0. The number of fused-ring (bicyclic) bond motifs is 7. The Balaban J connectivity index is 1.36. The van der Waals surface area contributed by atoms with Gasteiger partial charge in [-0.05, 0) is 97.4 Å². The van der Waals surface area contributed by atoms with Gasteiger partial charge in [0.25, 0.3) is 0 Å². The summed E-state index contributed by atoms with van der Waals surface area (Å²) in [6, 6.07) is 0. The minimum absolute atomic E-state index is 0.0178. The molecule has 1 spiro atoms. The smallest absolute Gasteiger partial charge is 0.173 e. The number of carbonyl (C=O) groups is 1. The fraction of sp³-hybridized carbons (Fsp3) is 0.900. The third kappa shape index (κ3) is 2.90. The quantitative estimate of drug-likeness (QED) is 0.397. The maximum atomic E-state index is 13.4. The van der Waals surface area contributed by atoms with Crippen LogP contribution in [-0.4, -0.2) is 24.8 Å². The van der Waals surface area contributed by atoms with E-state index in [1.54, 1.807) is 5.57 Å². The number of ketones is 1. The summed E-state index contributed by atoms with van der Waals surface area (Å²) < 4.78 is 12.7. The van der Waals surface area contributed by atoms with Crippen molar-refractivity contribution in [3.8, 4) is 0 Å². The largest absolute Gasteiger partial charge is 0.347 e. The Morgan fingerprint density at radius 1 is 0.788 bits per heavy atom. The van der Waals surface area contributed by atoms with E-state index in [2.05, 4.69) is 47.6 Å². The first-order valence-corrected chi connectivity index (χ1v) is 14.0. The minimum Gasteiger partial charge on any atom is -0.347 e. The second-order valence-electron chi connectivity index (χ2n) is 14.6. The molecule has 6 aliphatic rings. The molecule has 184 valence electrons. The first-order valence-electron chi connectivity index (χ1n) is 14.0. The number of allylic oxidation sites excluding steroid dienone is 2. The van der Waals surface area contributed by atoms with Crippen molar-refractivity contribution in [2.45, 2.75) is 105 Å². The maximum absolute atomic E-state index is 13.4. The fourth-order valence-corrected chi connectivity index (χ4v) is 10.8. The van der Waals surface area contributed by atoms with Gasteiger partial charge in [-0.2, -0.15) is 0 Å². The molecule has 6 rings (SSSR count). The average molecular weight is 455 g/mol. The Kier molecular flexibility index (Phi) is 4.81. The summed E-state index contributed by atoms with van der Waals surface area (Å²) in [6.45, 7) is 16.3. The summed E-state index contributed by atoms with van der Waals surface area (Å²) >= 11 is 0. The maximum Gasteiger partial charge on any atom is 0.173 e. The van der Waals surface area contributed by atoms with Crippen LogP contribution in [0.25, 0.3) is 0 Å². The zero-order valence-corrected chi connectivity index (χ0v) is 22.0. The van der Waals surface area contributed by atoms with Crippen LogP contribution in [0.4, 0.5) is 0 Å². The fourth-order valence-electron chi connectivity index (χ4n) is 10.8. The summed E-state index contributed by atoms with van der Waals surface area (Å²) in [6.07, 6.45) is 13.0. The Morgan fingerprint density at radius 3 is 2.24 bits per heavy atom. The van der Waals surface area contributed by atoms with Gasteiger partial charge in [-0.15, -0.1) is 0 Å². The van der Waals surface area contributed by atoms with Crippen LogP contribution in [0.1, 0.15) is 99.3 Å². The highest BCUT2D eigenvalue weighted by Gasteiger charge is 2.68. The van der Waals surface area contributed by atoms with Gasteiger partial charge in [0.1, 0.15) is 0 Å². The monoisotopic (exact) mass is 454 g/mol. The van der Waals surface area contributed by atoms with Crippen LogP contribution in [0.5, 0.6) is 0 Å². The molecule has 0 aromatic heterocycles. The van der Waals surface area contributed by atoms with E-state index in [4.69, 9.17) is 9.47 Å². The molecule has 1 aliphatic heterocycles. The first kappa shape index (κ1) is 22.8. The van der Waals surface area contributed by atoms with E-state index in [-0.39, 0.29) is 22.0 Å². The molecule has 0 amide bonds. The molecule has 0 bridgehead atoms. The molecule has 0 aromatic carbocycles. The minimum atomic E-state index is -0.386. The zero-order valence-electron chi connectivity index (χ0n) is 22.0. The third-order valence-electron chi connectivity index (χ3n) is 12.4. The van der Waals surface area contributed by atoms with Gasteiger partial charge >= 0.3 is 0 Å². The van der Waals surface area contributed by atoms with Crippen molar-refractivity contribution in [3.05, 3.63) is 11.6 Å². The van der Waals surface area contributed by atoms with Crippen LogP contribution < -0.4 is 0 Å². The molecular formula is C30H46O3.